The van der Waals surface area contributed by atoms with Gasteiger partial charge in [0.05, 0.1) is 11.2 Å². The maximum Gasteiger partial charge on any atom is 0.253 e. The quantitative estimate of drug-likeness (QED) is 0.685. The molecule has 20 heavy (non-hydrogen) atoms. The van der Waals surface area contributed by atoms with E-state index in [4.69, 9.17) is 0 Å². The van der Waals surface area contributed by atoms with Gasteiger partial charge < -0.3 is 15.7 Å². The molecule has 0 saturated carbocycles. The number of rotatable bonds is 8. The van der Waals surface area contributed by atoms with E-state index >= 15 is 0 Å². The Balaban J connectivity index is 2.67. The molecule has 0 radical (unpaired) electrons. The van der Waals surface area contributed by atoms with Gasteiger partial charge in [-0.15, -0.1) is 0 Å². The van der Waals surface area contributed by atoms with Gasteiger partial charge in [0, 0.05) is 18.8 Å². The molecule has 112 valence electrons. The summed E-state index contributed by atoms with van der Waals surface area (Å²) in [7, 11) is 0. The summed E-state index contributed by atoms with van der Waals surface area (Å²) in [5.74, 6) is -0.152. The Morgan fingerprint density at radius 3 is 2.60 bits per heavy atom. The lowest BCUT2D eigenvalue weighted by atomic mass is 10.0. The van der Waals surface area contributed by atoms with Crippen LogP contribution < -0.4 is 10.6 Å². The summed E-state index contributed by atoms with van der Waals surface area (Å²) in [6.07, 6.45) is 2.56. The van der Waals surface area contributed by atoms with Gasteiger partial charge in [0.15, 0.2) is 0 Å². The summed E-state index contributed by atoms with van der Waals surface area (Å²) < 4.78 is 0. The van der Waals surface area contributed by atoms with Crippen LogP contribution in [0.5, 0.6) is 0 Å². The van der Waals surface area contributed by atoms with E-state index in [0.717, 1.165) is 25.1 Å². The third-order valence-corrected chi connectivity index (χ3v) is 3.16. The molecular formula is C16H26N2O2. The summed E-state index contributed by atoms with van der Waals surface area (Å²) in [5, 5.41) is 16.1. The first-order valence-electron chi connectivity index (χ1n) is 7.33. The van der Waals surface area contributed by atoms with Gasteiger partial charge in [0.2, 0.25) is 0 Å². The number of carbonyl (C=O) groups is 1. The van der Waals surface area contributed by atoms with E-state index in [2.05, 4.69) is 17.6 Å². The SMILES string of the molecule is CCCNc1ccccc1C(=O)NCC(C)(O)CCC. The lowest BCUT2D eigenvalue weighted by Gasteiger charge is -2.23. The largest absolute Gasteiger partial charge is 0.388 e. The standard InChI is InChI=1S/C16H26N2O2/c1-4-10-16(3,20)12-18-15(19)13-8-6-7-9-14(13)17-11-5-2/h6-9,17,20H,4-5,10-12H2,1-3H3,(H,18,19). The number of amides is 1. The van der Waals surface area contributed by atoms with Crippen LogP contribution in [0, 0.1) is 0 Å². The molecule has 0 bridgehead atoms. The molecule has 0 aliphatic rings. The maximum atomic E-state index is 12.2. The van der Waals surface area contributed by atoms with Gasteiger partial charge in [0.25, 0.3) is 5.91 Å². The van der Waals surface area contributed by atoms with Crippen LogP contribution in [0.15, 0.2) is 24.3 Å². The number of hydrogen-bond acceptors (Lipinski definition) is 3. The molecule has 1 rings (SSSR count). The molecule has 0 aliphatic heterocycles. The Kier molecular flexibility index (Phi) is 6.52. The zero-order valence-corrected chi connectivity index (χ0v) is 12.7. The predicted molar refractivity (Wildman–Crippen MR) is 83.1 cm³/mol. The molecule has 1 aromatic carbocycles. The second-order valence-corrected chi connectivity index (χ2v) is 5.40. The van der Waals surface area contributed by atoms with Crippen molar-refractivity contribution in [3.63, 3.8) is 0 Å². The van der Waals surface area contributed by atoms with Gasteiger partial charge in [-0.3, -0.25) is 4.79 Å². The molecule has 4 nitrogen and oxygen atoms in total. The third kappa shape index (κ3) is 5.21. The van der Waals surface area contributed by atoms with E-state index in [-0.39, 0.29) is 12.5 Å². The molecule has 0 aromatic heterocycles. The average molecular weight is 278 g/mol. The van der Waals surface area contributed by atoms with Gasteiger partial charge in [-0.25, -0.2) is 0 Å². The molecule has 1 atom stereocenters. The van der Waals surface area contributed by atoms with Crippen molar-refractivity contribution in [3.05, 3.63) is 29.8 Å². The monoisotopic (exact) mass is 278 g/mol. The first-order valence-corrected chi connectivity index (χ1v) is 7.33. The summed E-state index contributed by atoms with van der Waals surface area (Å²) in [6.45, 7) is 6.94. The molecule has 1 amide bonds. The van der Waals surface area contributed by atoms with Gasteiger partial charge in [-0.05, 0) is 31.9 Å². The zero-order chi connectivity index (χ0) is 15.0. The minimum Gasteiger partial charge on any atom is -0.388 e. The lowest BCUT2D eigenvalue weighted by Crippen LogP contribution is -2.40. The minimum atomic E-state index is -0.851. The first-order chi connectivity index (χ1) is 9.50. The van der Waals surface area contributed by atoms with E-state index in [1.165, 1.54) is 0 Å². The molecule has 0 aliphatic carbocycles. The van der Waals surface area contributed by atoms with Crippen molar-refractivity contribution in [2.24, 2.45) is 0 Å². The van der Waals surface area contributed by atoms with Crippen LogP contribution in [0.25, 0.3) is 0 Å². The Morgan fingerprint density at radius 2 is 1.95 bits per heavy atom. The first kappa shape index (κ1) is 16.5. The van der Waals surface area contributed by atoms with Crippen LogP contribution in [-0.2, 0) is 0 Å². The van der Waals surface area contributed by atoms with Crippen LogP contribution >= 0.6 is 0 Å². The summed E-state index contributed by atoms with van der Waals surface area (Å²) >= 11 is 0. The van der Waals surface area contributed by atoms with Crippen molar-refractivity contribution in [2.45, 2.75) is 45.6 Å². The number of hydrogen-bond donors (Lipinski definition) is 3. The zero-order valence-electron chi connectivity index (χ0n) is 12.7. The highest BCUT2D eigenvalue weighted by molar-refractivity contribution is 5.99. The fourth-order valence-corrected chi connectivity index (χ4v) is 2.09. The maximum absolute atomic E-state index is 12.2. The highest BCUT2D eigenvalue weighted by atomic mass is 16.3. The Morgan fingerprint density at radius 1 is 1.25 bits per heavy atom. The molecule has 0 heterocycles. The number of carbonyl (C=O) groups excluding carboxylic acids is 1. The smallest absolute Gasteiger partial charge is 0.253 e. The van der Waals surface area contributed by atoms with Crippen LogP contribution in [-0.4, -0.2) is 29.7 Å². The molecule has 4 heteroatoms. The van der Waals surface area contributed by atoms with E-state index in [9.17, 15) is 9.90 Å². The van der Waals surface area contributed by atoms with Crippen LogP contribution in [0.4, 0.5) is 5.69 Å². The molecule has 3 N–H and O–H groups in total. The van der Waals surface area contributed by atoms with Crippen molar-refractivity contribution in [3.8, 4) is 0 Å². The number of benzene rings is 1. The number of aliphatic hydroxyl groups is 1. The van der Waals surface area contributed by atoms with Crippen molar-refractivity contribution in [2.75, 3.05) is 18.4 Å². The molecule has 0 fully saturated rings. The van der Waals surface area contributed by atoms with E-state index in [1.54, 1.807) is 13.0 Å². The summed E-state index contributed by atoms with van der Waals surface area (Å²) in [4.78, 5) is 12.2. The van der Waals surface area contributed by atoms with Crippen LogP contribution in [0.1, 0.15) is 50.4 Å². The molecule has 1 aromatic rings. The molecule has 0 saturated heterocycles. The van der Waals surface area contributed by atoms with Crippen molar-refractivity contribution >= 4 is 11.6 Å². The van der Waals surface area contributed by atoms with Crippen molar-refractivity contribution in [1.29, 1.82) is 0 Å². The Labute approximate surface area is 121 Å². The summed E-state index contributed by atoms with van der Waals surface area (Å²) in [6, 6.07) is 7.44. The van der Waals surface area contributed by atoms with E-state index < -0.39 is 5.60 Å². The number of anilines is 1. The van der Waals surface area contributed by atoms with Crippen molar-refractivity contribution < 1.29 is 9.90 Å². The summed E-state index contributed by atoms with van der Waals surface area (Å²) in [5.41, 5.74) is 0.603. The van der Waals surface area contributed by atoms with Gasteiger partial charge in [-0.2, -0.15) is 0 Å². The fourth-order valence-electron chi connectivity index (χ4n) is 2.09. The van der Waals surface area contributed by atoms with Gasteiger partial charge in [-0.1, -0.05) is 32.4 Å². The van der Waals surface area contributed by atoms with Crippen LogP contribution in [0.2, 0.25) is 0 Å². The van der Waals surface area contributed by atoms with Gasteiger partial charge in [0.1, 0.15) is 0 Å². The fraction of sp³-hybridized carbons (Fsp3) is 0.562. The number of nitrogens with one attached hydrogen (secondary N) is 2. The second kappa shape index (κ2) is 7.90. The average Bonchev–Trinajstić information content (AvgIpc) is 2.43. The van der Waals surface area contributed by atoms with Crippen LogP contribution in [0.3, 0.4) is 0 Å². The van der Waals surface area contributed by atoms with E-state index in [0.29, 0.717) is 12.0 Å². The Hall–Kier alpha value is -1.55. The Bertz CT molecular complexity index is 430. The highest BCUT2D eigenvalue weighted by Gasteiger charge is 2.20. The van der Waals surface area contributed by atoms with E-state index in [1.807, 2.05) is 25.1 Å². The molecule has 0 spiro atoms. The molecule has 1 unspecified atom stereocenters. The number of para-hydroxylation sites is 1. The molecular weight excluding hydrogens is 252 g/mol. The second-order valence-electron chi connectivity index (χ2n) is 5.40. The van der Waals surface area contributed by atoms with Gasteiger partial charge >= 0.3 is 0 Å². The minimum absolute atomic E-state index is 0.152. The highest BCUT2D eigenvalue weighted by Crippen LogP contribution is 2.16. The topological polar surface area (TPSA) is 61.4 Å². The third-order valence-electron chi connectivity index (χ3n) is 3.16. The van der Waals surface area contributed by atoms with Crippen molar-refractivity contribution in [1.82, 2.24) is 5.32 Å². The normalized spacial score (nSPS) is 13.6. The predicted octanol–water partition coefficient (Wildman–Crippen LogP) is 2.79. The lowest BCUT2D eigenvalue weighted by molar-refractivity contribution is 0.0470.